The zero-order valence-electron chi connectivity index (χ0n) is 28.5. The normalized spacial score (nSPS) is 20.8. The Morgan fingerprint density at radius 3 is 1.24 bits per heavy atom. The first-order valence-corrected chi connectivity index (χ1v) is 16.5. The Bertz CT molecular complexity index is 1650. The summed E-state index contributed by atoms with van der Waals surface area (Å²) in [5, 5.41) is 11.0. The van der Waals surface area contributed by atoms with Gasteiger partial charge in [-0.15, -0.1) is 0 Å². The summed E-state index contributed by atoms with van der Waals surface area (Å²) in [6, 6.07) is 24.0. The highest BCUT2D eigenvalue weighted by atomic mass is 16.5. The lowest BCUT2D eigenvalue weighted by Gasteiger charge is -2.45. The van der Waals surface area contributed by atoms with Crippen LogP contribution in [0.15, 0.2) is 72.8 Å². The SMILES string of the molecule is CC1(C)CC(OC(=O)c2cccc3cc(-c4ccc5c(C(=O)OC6CC(C)(C)NC(C)(C)C6)cccc5c4)ccc23)CC(C)(C)N1. The van der Waals surface area contributed by atoms with Gasteiger partial charge < -0.3 is 20.1 Å². The van der Waals surface area contributed by atoms with Crippen LogP contribution in [-0.4, -0.2) is 46.3 Å². The van der Waals surface area contributed by atoms with Crippen LogP contribution in [0.2, 0.25) is 0 Å². The summed E-state index contributed by atoms with van der Waals surface area (Å²) in [7, 11) is 0. The third-order valence-corrected chi connectivity index (χ3v) is 9.39. The number of carbonyl (C=O) groups is 2. The van der Waals surface area contributed by atoms with Crippen molar-refractivity contribution in [1.82, 2.24) is 10.6 Å². The fourth-order valence-electron chi connectivity index (χ4n) is 8.34. The lowest BCUT2D eigenvalue weighted by atomic mass is 9.81. The second-order valence-corrected chi connectivity index (χ2v) is 16.1. The third-order valence-electron chi connectivity index (χ3n) is 9.39. The number of carbonyl (C=O) groups excluding carboxylic acids is 2. The minimum atomic E-state index is -0.279. The molecule has 0 aliphatic carbocycles. The van der Waals surface area contributed by atoms with Gasteiger partial charge in [0, 0.05) is 47.8 Å². The van der Waals surface area contributed by atoms with Crippen molar-refractivity contribution in [3.63, 3.8) is 0 Å². The summed E-state index contributed by atoms with van der Waals surface area (Å²) < 4.78 is 12.2. The molecule has 4 aromatic rings. The molecule has 0 bridgehead atoms. The number of rotatable bonds is 5. The van der Waals surface area contributed by atoms with E-state index in [0.29, 0.717) is 11.1 Å². The average molecular weight is 621 g/mol. The molecular formula is C40H48N2O4. The molecule has 2 aliphatic rings. The molecule has 4 aromatic carbocycles. The Kier molecular flexibility index (Phi) is 8.05. The minimum Gasteiger partial charge on any atom is -0.459 e. The molecule has 0 radical (unpaired) electrons. The highest BCUT2D eigenvalue weighted by Gasteiger charge is 2.40. The first-order chi connectivity index (χ1) is 21.5. The molecule has 242 valence electrons. The Morgan fingerprint density at radius 2 is 0.891 bits per heavy atom. The molecule has 2 heterocycles. The largest absolute Gasteiger partial charge is 0.459 e. The minimum absolute atomic E-state index is 0.108. The van der Waals surface area contributed by atoms with Crippen molar-refractivity contribution in [1.29, 1.82) is 0 Å². The number of hydrogen-bond donors (Lipinski definition) is 2. The van der Waals surface area contributed by atoms with Crippen LogP contribution in [0.25, 0.3) is 32.7 Å². The second-order valence-electron chi connectivity index (χ2n) is 16.1. The molecule has 2 saturated heterocycles. The number of esters is 2. The van der Waals surface area contributed by atoms with E-state index >= 15 is 0 Å². The van der Waals surface area contributed by atoms with Gasteiger partial charge in [0.2, 0.25) is 0 Å². The maximum absolute atomic E-state index is 13.4. The van der Waals surface area contributed by atoms with Gasteiger partial charge in [-0.2, -0.15) is 0 Å². The summed E-state index contributed by atoms with van der Waals surface area (Å²) in [5.74, 6) is -0.558. The van der Waals surface area contributed by atoms with Crippen molar-refractivity contribution in [2.45, 2.75) is 115 Å². The standard InChI is InChI=1S/C40H48N2O4/c1-37(2)21-29(22-38(3,4)41-37)45-35(43)33-13-9-11-27-19-25(15-17-31(27)33)26-16-18-32-28(20-26)12-10-14-34(32)36(44)46-30-23-39(5,6)42-40(7,8)24-30/h9-20,29-30,41-42H,21-24H2,1-8H3. The van der Waals surface area contributed by atoms with Crippen LogP contribution >= 0.6 is 0 Å². The third kappa shape index (κ3) is 6.98. The van der Waals surface area contributed by atoms with Crippen molar-refractivity contribution < 1.29 is 19.1 Å². The van der Waals surface area contributed by atoms with Gasteiger partial charge in [-0.3, -0.25) is 0 Å². The zero-order chi connectivity index (χ0) is 33.1. The van der Waals surface area contributed by atoms with E-state index in [9.17, 15) is 9.59 Å². The molecule has 0 atom stereocenters. The Labute approximate surface area is 273 Å². The van der Waals surface area contributed by atoms with E-state index < -0.39 is 0 Å². The number of piperidine rings is 2. The van der Waals surface area contributed by atoms with Crippen molar-refractivity contribution >= 4 is 33.5 Å². The molecule has 0 spiro atoms. The highest BCUT2D eigenvalue weighted by Crippen LogP contribution is 2.35. The average Bonchev–Trinajstić information content (AvgIpc) is 2.92. The molecule has 6 heteroatoms. The fraction of sp³-hybridized carbons (Fsp3) is 0.450. The maximum Gasteiger partial charge on any atom is 0.339 e. The van der Waals surface area contributed by atoms with Crippen LogP contribution in [0.5, 0.6) is 0 Å². The predicted octanol–water partition coefficient (Wildman–Crippen LogP) is 8.59. The van der Waals surface area contributed by atoms with E-state index in [2.05, 4.69) is 90.3 Å². The molecule has 0 aromatic heterocycles. The van der Waals surface area contributed by atoms with Crippen LogP contribution in [0, 0.1) is 0 Å². The summed E-state index contributed by atoms with van der Waals surface area (Å²) in [6.07, 6.45) is 2.79. The predicted molar refractivity (Wildman–Crippen MR) is 186 cm³/mol. The van der Waals surface area contributed by atoms with E-state index in [1.807, 2.05) is 48.5 Å². The molecule has 6 nitrogen and oxygen atoms in total. The van der Waals surface area contributed by atoms with E-state index in [-0.39, 0.29) is 46.3 Å². The molecule has 0 unspecified atom stereocenters. The van der Waals surface area contributed by atoms with E-state index in [1.165, 1.54) is 0 Å². The van der Waals surface area contributed by atoms with Crippen LogP contribution in [0.1, 0.15) is 102 Å². The zero-order valence-corrected chi connectivity index (χ0v) is 28.5. The fourth-order valence-corrected chi connectivity index (χ4v) is 8.34. The van der Waals surface area contributed by atoms with Crippen molar-refractivity contribution in [2.75, 3.05) is 0 Å². The summed E-state index contributed by atoms with van der Waals surface area (Å²) in [6.45, 7) is 17.3. The van der Waals surface area contributed by atoms with Crippen molar-refractivity contribution in [3.8, 4) is 11.1 Å². The first-order valence-electron chi connectivity index (χ1n) is 16.5. The quantitative estimate of drug-likeness (QED) is 0.218. The molecule has 2 N–H and O–H groups in total. The number of ether oxygens (including phenoxy) is 2. The second kappa shape index (κ2) is 11.5. The van der Waals surface area contributed by atoms with Gasteiger partial charge >= 0.3 is 11.9 Å². The highest BCUT2D eigenvalue weighted by molar-refractivity contribution is 6.07. The van der Waals surface area contributed by atoms with Gasteiger partial charge in [0.25, 0.3) is 0 Å². The Balaban J connectivity index is 1.23. The summed E-state index contributed by atoms with van der Waals surface area (Å²) in [4.78, 5) is 26.9. The van der Waals surface area contributed by atoms with Crippen LogP contribution in [0.3, 0.4) is 0 Å². The number of hydrogen-bond acceptors (Lipinski definition) is 6. The van der Waals surface area contributed by atoms with Crippen LogP contribution in [-0.2, 0) is 9.47 Å². The van der Waals surface area contributed by atoms with Gasteiger partial charge in [-0.05, 0) is 112 Å². The number of nitrogens with one attached hydrogen (secondary N) is 2. The van der Waals surface area contributed by atoms with E-state index in [4.69, 9.17) is 9.47 Å². The molecule has 6 rings (SSSR count). The molecule has 0 saturated carbocycles. The van der Waals surface area contributed by atoms with Gasteiger partial charge in [-0.25, -0.2) is 9.59 Å². The topological polar surface area (TPSA) is 76.7 Å². The van der Waals surface area contributed by atoms with E-state index in [1.54, 1.807) is 0 Å². The molecule has 2 aliphatic heterocycles. The maximum atomic E-state index is 13.4. The monoisotopic (exact) mass is 620 g/mol. The summed E-state index contributed by atoms with van der Waals surface area (Å²) >= 11 is 0. The van der Waals surface area contributed by atoms with Crippen molar-refractivity contribution in [3.05, 3.63) is 83.9 Å². The van der Waals surface area contributed by atoms with E-state index in [0.717, 1.165) is 58.4 Å². The van der Waals surface area contributed by atoms with Crippen LogP contribution < -0.4 is 10.6 Å². The lowest BCUT2D eigenvalue weighted by molar-refractivity contribution is -0.00748. The molecule has 46 heavy (non-hydrogen) atoms. The molecule has 2 fully saturated rings. The summed E-state index contributed by atoms with van der Waals surface area (Å²) in [5.41, 5.74) is 2.81. The molecular weight excluding hydrogens is 572 g/mol. The first kappa shape index (κ1) is 32.2. The smallest absolute Gasteiger partial charge is 0.339 e. The number of fused-ring (bicyclic) bond motifs is 2. The van der Waals surface area contributed by atoms with Crippen LogP contribution in [0.4, 0.5) is 0 Å². The Morgan fingerprint density at radius 1 is 0.543 bits per heavy atom. The lowest BCUT2D eigenvalue weighted by Crippen LogP contribution is -2.59. The van der Waals surface area contributed by atoms with Gasteiger partial charge in [0.05, 0.1) is 11.1 Å². The van der Waals surface area contributed by atoms with Gasteiger partial charge in [0.1, 0.15) is 12.2 Å². The van der Waals surface area contributed by atoms with Gasteiger partial charge in [0.15, 0.2) is 0 Å². The Hall–Kier alpha value is -3.74. The number of benzene rings is 4. The molecule has 0 amide bonds. The van der Waals surface area contributed by atoms with Gasteiger partial charge in [-0.1, -0.05) is 48.5 Å². The van der Waals surface area contributed by atoms with Crippen molar-refractivity contribution in [2.24, 2.45) is 0 Å².